The number of halogens is 3. The summed E-state index contributed by atoms with van der Waals surface area (Å²) in [6.07, 6.45) is -4.61. The molecule has 8 heteroatoms. The molecule has 0 aromatic heterocycles. The second-order valence-electron chi connectivity index (χ2n) is 5.25. The minimum absolute atomic E-state index is 0.0118. The van der Waals surface area contributed by atoms with E-state index in [2.05, 4.69) is 10.6 Å². The molecule has 2 N–H and O–H groups in total. The van der Waals surface area contributed by atoms with Crippen LogP contribution in [-0.4, -0.2) is 31.5 Å². The summed E-state index contributed by atoms with van der Waals surface area (Å²) in [6.45, 7) is -0.145. The molecule has 2 aromatic carbocycles. The molecule has 0 unspecified atom stereocenters. The van der Waals surface area contributed by atoms with Gasteiger partial charge in [-0.1, -0.05) is 30.3 Å². The Balaban J connectivity index is 1.74. The summed E-state index contributed by atoms with van der Waals surface area (Å²) in [5.41, 5.74) is -1.46. The maximum Gasteiger partial charge on any atom is 0.417 e. The van der Waals surface area contributed by atoms with Gasteiger partial charge in [0.25, 0.3) is 11.8 Å². The molecule has 5 nitrogen and oxygen atoms in total. The maximum atomic E-state index is 12.9. The molecule has 0 bridgehead atoms. The Morgan fingerprint density at radius 2 is 1.50 bits per heavy atom. The largest absolute Gasteiger partial charge is 0.484 e. The van der Waals surface area contributed by atoms with Crippen LogP contribution in [0.1, 0.15) is 15.9 Å². The van der Waals surface area contributed by atoms with Crippen molar-refractivity contribution in [2.45, 2.75) is 6.18 Å². The van der Waals surface area contributed by atoms with Crippen molar-refractivity contribution < 1.29 is 27.5 Å². The van der Waals surface area contributed by atoms with Gasteiger partial charge in [0.15, 0.2) is 6.61 Å². The van der Waals surface area contributed by atoms with Crippen LogP contribution in [0.5, 0.6) is 5.75 Å². The molecule has 0 saturated heterocycles. The quantitative estimate of drug-likeness (QED) is 0.741. The van der Waals surface area contributed by atoms with Gasteiger partial charge in [-0.25, -0.2) is 0 Å². The molecule has 0 saturated carbocycles. The first-order valence-electron chi connectivity index (χ1n) is 7.77. The van der Waals surface area contributed by atoms with Crippen molar-refractivity contribution in [3.05, 3.63) is 65.7 Å². The Morgan fingerprint density at radius 3 is 2.19 bits per heavy atom. The maximum absolute atomic E-state index is 12.9. The summed E-state index contributed by atoms with van der Waals surface area (Å²) in [6, 6.07) is 13.3. The van der Waals surface area contributed by atoms with Crippen LogP contribution in [0.2, 0.25) is 0 Å². The first-order chi connectivity index (χ1) is 12.4. The van der Waals surface area contributed by atoms with Crippen LogP contribution in [0, 0.1) is 0 Å². The molecular weight excluding hydrogens is 349 g/mol. The zero-order valence-electron chi connectivity index (χ0n) is 13.7. The van der Waals surface area contributed by atoms with Crippen molar-refractivity contribution in [3.8, 4) is 5.75 Å². The number of hydrogen-bond donors (Lipinski definition) is 2. The van der Waals surface area contributed by atoms with Gasteiger partial charge in [0.2, 0.25) is 0 Å². The highest BCUT2D eigenvalue weighted by Crippen LogP contribution is 2.31. The van der Waals surface area contributed by atoms with Crippen LogP contribution in [0.3, 0.4) is 0 Å². The summed E-state index contributed by atoms with van der Waals surface area (Å²) in [4.78, 5) is 23.5. The molecule has 26 heavy (non-hydrogen) atoms. The average Bonchev–Trinajstić information content (AvgIpc) is 2.63. The van der Waals surface area contributed by atoms with Gasteiger partial charge in [0.05, 0.1) is 11.1 Å². The van der Waals surface area contributed by atoms with E-state index in [4.69, 9.17) is 4.74 Å². The van der Waals surface area contributed by atoms with Crippen LogP contribution in [0.25, 0.3) is 0 Å². The van der Waals surface area contributed by atoms with Crippen LogP contribution in [-0.2, 0) is 11.0 Å². The number of para-hydroxylation sites is 1. The monoisotopic (exact) mass is 366 g/mol. The number of benzene rings is 2. The van der Waals surface area contributed by atoms with Crippen LogP contribution in [0.15, 0.2) is 54.6 Å². The van der Waals surface area contributed by atoms with Crippen molar-refractivity contribution in [1.29, 1.82) is 0 Å². The van der Waals surface area contributed by atoms with Crippen molar-refractivity contribution in [2.75, 3.05) is 19.7 Å². The minimum atomic E-state index is -4.61. The van der Waals surface area contributed by atoms with E-state index in [1.165, 1.54) is 12.1 Å². The molecular formula is C18H17F3N2O3. The topological polar surface area (TPSA) is 67.4 Å². The fourth-order valence-corrected chi connectivity index (χ4v) is 2.12. The highest BCUT2D eigenvalue weighted by molar-refractivity contribution is 5.95. The van der Waals surface area contributed by atoms with Gasteiger partial charge in [-0.2, -0.15) is 13.2 Å². The molecule has 0 spiro atoms. The Bertz CT molecular complexity index is 749. The zero-order valence-corrected chi connectivity index (χ0v) is 13.7. The Kier molecular flexibility index (Phi) is 6.60. The van der Waals surface area contributed by atoms with Gasteiger partial charge in [-0.15, -0.1) is 0 Å². The van der Waals surface area contributed by atoms with E-state index in [9.17, 15) is 22.8 Å². The highest BCUT2D eigenvalue weighted by Gasteiger charge is 2.34. The number of carbonyl (C=O) groups is 2. The number of nitrogens with one attached hydrogen (secondary N) is 2. The Morgan fingerprint density at radius 1 is 0.885 bits per heavy atom. The summed E-state index contributed by atoms with van der Waals surface area (Å²) in [7, 11) is 0. The fraction of sp³-hybridized carbons (Fsp3) is 0.222. The smallest absolute Gasteiger partial charge is 0.417 e. The standard InChI is InChI=1S/C18H17F3N2O3/c19-18(20,21)15-9-5-4-8-14(15)17(25)23-11-10-22-16(24)12-26-13-6-2-1-3-7-13/h1-9H,10-12H2,(H,22,24)(H,23,25). The second-order valence-corrected chi connectivity index (χ2v) is 5.25. The lowest BCUT2D eigenvalue weighted by Gasteiger charge is -2.13. The number of ether oxygens (including phenoxy) is 1. The molecule has 0 radical (unpaired) electrons. The highest BCUT2D eigenvalue weighted by atomic mass is 19.4. The van der Waals surface area contributed by atoms with E-state index in [0.29, 0.717) is 5.75 Å². The van der Waals surface area contributed by atoms with Crippen molar-refractivity contribution in [2.24, 2.45) is 0 Å². The van der Waals surface area contributed by atoms with Crippen molar-refractivity contribution in [3.63, 3.8) is 0 Å². The fourth-order valence-electron chi connectivity index (χ4n) is 2.12. The van der Waals surface area contributed by atoms with Gasteiger partial charge in [-0.3, -0.25) is 9.59 Å². The van der Waals surface area contributed by atoms with Crippen molar-refractivity contribution in [1.82, 2.24) is 10.6 Å². The predicted molar refractivity (Wildman–Crippen MR) is 88.7 cm³/mol. The van der Waals surface area contributed by atoms with E-state index in [1.54, 1.807) is 24.3 Å². The minimum Gasteiger partial charge on any atom is -0.484 e. The summed E-state index contributed by atoms with van der Waals surface area (Å²) >= 11 is 0. The van der Waals surface area contributed by atoms with Crippen molar-refractivity contribution >= 4 is 11.8 Å². The number of amides is 2. The Hall–Kier alpha value is -3.03. The average molecular weight is 366 g/mol. The molecule has 2 rings (SSSR count). The molecule has 0 aliphatic heterocycles. The van der Waals surface area contributed by atoms with Gasteiger partial charge in [0, 0.05) is 13.1 Å². The summed E-state index contributed by atoms with van der Waals surface area (Å²) < 4.78 is 43.9. The number of carbonyl (C=O) groups excluding carboxylic acids is 2. The first-order valence-corrected chi connectivity index (χ1v) is 7.77. The van der Waals surface area contributed by atoms with E-state index in [1.807, 2.05) is 6.07 Å². The predicted octanol–water partition coefficient (Wildman–Crippen LogP) is 2.63. The van der Waals surface area contributed by atoms with E-state index in [-0.39, 0.29) is 19.7 Å². The lowest BCUT2D eigenvalue weighted by atomic mass is 10.1. The number of alkyl halides is 3. The molecule has 2 amide bonds. The number of hydrogen-bond acceptors (Lipinski definition) is 3. The number of rotatable bonds is 7. The zero-order chi connectivity index (χ0) is 19.0. The molecule has 138 valence electrons. The molecule has 0 atom stereocenters. The summed E-state index contributed by atoms with van der Waals surface area (Å²) in [5.74, 6) is -0.716. The second kappa shape index (κ2) is 8.89. The van der Waals surface area contributed by atoms with Crippen LogP contribution >= 0.6 is 0 Å². The lowest BCUT2D eigenvalue weighted by molar-refractivity contribution is -0.138. The summed E-state index contributed by atoms with van der Waals surface area (Å²) in [5, 5.41) is 4.85. The molecule has 0 fully saturated rings. The third-order valence-electron chi connectivity index (χ3n) is 3.32. The van der Waals surface area contributed by atoms with E-state index in [0.717, 1.165) is 12.1 Å². The van der Waals surface area contributed by atoms with Gasteiger partial charge in [-0.05, 0) is 24.3 Å². The van der Waals surface area contributed by atoms with Crippen LogP contribution in [0.4, 0.5) is 13.2 Å². The Labute approximate surface area is 148 Å². The SMILES string of the molecule is O=C(COc1ccccc1)NCCNC(=O)c1ccccc1C(F)(F)F. The van der Waals surface area contributed by atoms with E-state index < -0.39 is 29.1 Å². The molecule has 0 aliphatic carbocycles. The van der Waals surface area contributed by atoms with Gasteiger partial charge < -0.3 is 15.4 Å². The van der Waals surface area contributed by atoms with Crippen LogP contribution < -0.4 is 15.4 Å². The third kappa shape index (κ3) is 5.80. The first kappa shape index (κ1) is 19.3. The van der Waals surface area contributed by atoms with Gasteiger partial charge in [0.1, 0.15) is 5.75 Å². The molecule has 2 aromatic rings. The normalized spacial score (nSPS) is 10.9. The molecule has 0 heterocycles. The third-order valence-corrected chi connectivity index (χ3v) is 3.32. The lowest BCUT2D eigenvalue weighted by Crippen LogP contribution is -2.37. The van der Waals surface area contributed by atoms with Gasteiger partial charge >= 0.3 is 6.18 Å². The molecule has 0 aliphatic rings. The van der Waals surface area contributed by atoms with E-state index >= 15 is 0 Å².